The molecule has 0 aliphatic heterocycles. The number of rotatable bonds is 6. The summed E-state index contributed by atoms with van der Waals surface area (Å²) >= 11 is 0. The number of allylic oxidation sites excluding steroid dienone is 4. The second-order valence-corrected chi connectivity index (χ2v) is 4.24. The molecule has 0 N–H and O–H groups in total. The molecule has 1 aliphatic carbocycles. The Bertz CT molecular complexity index is 335. The van der Waals surface area contributed by atoms with Crippen LogP contribution in [0, 0.1) is 0 Å². The molecule has 0 spiro atoms. The highest BCUT2D eigenvalue weighted by Crippen LogP contribution is 2.23. The molecule has 0 bridgehead atoms. The highest BCUT2D eigenvalue weighted by molar-refractivity contribution is 6.48. The van der Waals surface area contributed by atoms with E-state index in [-0.39, 0.29) is 11.6 Å². The van der Waals surface area contributed by atoms with Gasteiger partial charge in [0, 0.05) is 5.57 Å². The maximum absolute atomic E-state index is 11.7. The quantitative estimate of drug-likeness (QED) is 0.508. The molecular weight excluding hydrogens is 200 g/mol. The number of carbonyl (C=O) groups is 2. The van der Waals surface area contributed by atoms with E-state index in [1.54, 1.807) is 0 Å². The highest BCUT2D eigenvalue weighted by Gasteiger charge is 2.22. The van der Waals surface area contributed by atoms with E-state index in [0.717, 1.165) is 49.7 Å². The number of Topliss-reactive ketones (excluding diaryl/α,β-unsaturated/α-hetero) is 1. The summed E-state index contributed by atoms with van der Waals surface area (Å²) in [7, 11) is 0. The van der Waals surface area contributed by atoms with Crippen LogP contribution in [-0.4, -0.2) is 11.6 Å². The van der Waals surface area contributed by atoms with Crippen LogP contribution in [0.25, 0.3) is 0 Å². The fraction of sp³-hybridized carbons (Fsp3) is 0.571. The Balaban J connectivity index is 2.83. The number of hydrogen-bond donors (Lipinski definition) is 0. The summed E-state index contributed by atoms with van der Waals surface area (Å²) in [6.07, 6.45) is 9.16. The normalized spacial score (nSPS) is 16.1. The van der Waals surface area contributed by atoms with Crippen molar-refractivity contribution in [2.45, 2.75) is 52.4 Å². The van der Waals surface area contributed by atoms with Gasteiger partial charge in [0.05, 0.1) is 0 Å². The topological polar surface area (TPSA) is 34.1 Å². The molecule has 0 radical (unpaired) electrons. The monoisotopic (exact) mass is 220 g/mol. The first-order chi connectivity index (χ1) is 7.70. The van der Waals surface area contributed by atoms with E-state index < -0.39 is 0 Å². The SMILES string of the molecule is CCCCC1=C(CCCC)C(=O)C(=O)C=C1. The number of unbranched alkanes of at least 4 members (excludes halogenated alkanes) is 2. The predicted molar refractivity (Wildman–Crippen MR) is 65.2 cm³/mol. The molecule has 0 aromatic carbocycles. The standard InChI is InChI=1S/C14H20O2/c1-3-5-7-11-9-10-13(15)14(16)12(11)8-6-4-2/h9-10H,3-8H2,1-2H3. The fourth-order valence-electron chi connectivity index (χ4n) is 1.88. The summed E-state index contributed by atoms with van der Waals surface area (Å²) in [6, 6.07) is 0. The van der Waals surface area contributed by atoms with Gasteiger partial charge in [-0.3, -0.25) is 9.59 Å². The molecule has 1 aliphatic rings. The van der Waals surface area contributed by atoms with Crippen molar-refractivity contribution in [1.82, 2.24) is 0 Å². The van der Waals surface area contributed by atoms with Crippen molar-refractivity contribution in [3.63, 3.8) is 0 Å². The summed E-state index contributed by atoms with van der Waals surface area (Å²) in [5.74, 6) is -0.631. The van der Waals surface area contributed by atoms with Gasteiger partial charge in [0.1, 0.15) is 0 Å². The Morgan fingerprint density at radius 2 is 1.56 bits per heavy atom. The third-order valence-electron chi connectivity index (χ3n) is 2.90. The molecule has 0 saturated heterocycles. The minimum absolute atomic E-state index is 0.276. The van der Waals surface area contributed by atoms with Crippen LogP contribution in [0.15, 0.2) is 23.3 Å². The van der Waals surface area contributed by atoms with Gasteiger partial charge in [0.15, 0.2) is 0 Å². The van der Waals surface area contributed by atoms with Crippen molar-refractivity contribution >= 4 is 11.6 Å². The summed E-state index contributed by atoms with van der Waals surface area (Å²) in [6.45, 7) is 4.23. The third-order valence-corrected chi connectivity index (χ3v) is 2.90. The van der Waals surface area contributed by atoms with Crippen molar-refractivity contribution in [1.29, 1.82) is 0 Å². The van der Waals surface area contributed by atoms with Gasteiger partial charge in [-0.15, -0.1) is 0 Å². The molecular formula is C14H20O2. The lowest BCUT2D eigenvalue weighted by Crippen LogP contribution is -2.19. The first-order valence-electron chi connectivity index (χ1n) is 6.19. The smallest absolute Gasteiger partial charge is 0.229 e. The van der Waals surface area contributed by atoms with Crippen LogP contribution in [-0.2, 0) is 9.59 Å². The van der Waals surface area contributed by atoms with Crippen molar-refractivity contribution in [2.24, 2.45) is 0 Å². The van der Waals surface area contributed by atoms with Crippen LogP contribution in [0.3, 0.4) is 0 Å². The molecule has 88 valence electrons. The van der Waals surface area contributed by atoms with Gasteiger partial charge in [-0.25, -0.2) is 0 Å². The van der Waals surface area contributed by atoms with Crippen molar-refractivity contribution in [2.75, 3.05) is 0 Å². The minimum Gasteiger partial charge on any atom is -0.286 e. The maximum Gasteiger partial charge on any atom is 0.229 e. The number of ketones is 2. The molecule has 0 unspecified atom stereocenters. The lowest BCUT2D eigenvalue weighted by molar-refractivity contribution is -0.131. The van der Waals surface area contributed by atoms with Gasteiger partial charge < -0.3 is 0 Å². The van der Waals surface area contributed by atoms with Crippen molar-refractivity contribution in [3.8, 4) is 0 Å². The minimum atomic E-state index is -0.355. The van der Waals surface area contributed by atoms with Gasteiger partial charge in [0.2, 0.25) is 11.6 Å². The Kier molecular flexibility index (Phi) is 5.17. The maximum atomic E-state index is 11.7. The van der Waals surface area contributed by atoms with E-state index in [4.69, 9.17) is 0 Å². The van der Waals surface area contributed by atoms with Crippen LogP contribution in [0.1, 0.15) is 52.4 Å². The zero-order chi connectivity index (χ0) is 12.0. The Morgan fingerprint density at radius 3 is 2.19 bits per heavy atom. The van der Waals surface area contributed by atoms with E-state index in [1.807, 2.05) is 6.08 Å². The molecule has 16 heavy (non-hydrogen) atoms. The van der Waals surface area contributed by atoms with Gasteiger partial charge in [-0.05, 0) is 37.3 Å². The fourth-order valence-corrected chi connectivity index (χ4v) is 1.88. The summed E-state index contributed by atoms with van der Waals surface area (Å²) in [5.41, 5.74) is 1.85. The van der Waals surface area contributed by atoms with Crippen LogP contribution < -0.4 is 0 Å². The zero-order valence-corrected chi connectivity index (χ0v) is 10.2. The average Bonchev–Trinajstić information content (AvgIpc) is 2.29. The molecule has 0 amide bonds. The highest BCUT2D eigenvalue weighted by atomic mass is 16.2. The first-order valence-corrected chi connectivity index (χ1v) is 6.19. The van der Waals surface area contributed by atoms with Crippen LogP contribution in [0.2, 0.25) is 0 Å². The lowest BCUT2D eigenvalue weighted by atomic mass is 9.89. The molecule has 2 nitrogen and oxygen atoms in total. The predicted octanol–water partition coefficient (Wildman–Crippen LogP) is 3.37. The molecule has 0 aromatic heterocycles. The third kappa shape index (κ3) is 3.16. The molecule has 2 heteroatoms. The molecule has 0 atom stereocenters. The van der Waals surface area contributed by atoms with Crippen molar-refractivity contribution < 1.29 is 9.59 Å². The van der Waals surface area contributed by atoms with E-state index in [9.17, 15) is 9.59 Å². The molecule has 0 aromatic rings. The molecule has 1 rings (SSSR count). The first kappa shape index (κ1) is 12.9. The van der Waals surface area contributed by atoms with E-state index in [1.165, 1.54) is 6.08 Å². The lowest BCUT2D eigenvalue weighted by Gasteiger charge is -2.13. The average molecular weight is 220 g/mol. The summed E-state index contributed by atoms with van der Waals surface area (Å²) < 4.78 is 0. The molecule has 0 fully saturated rings. The van der Waals surface area contributed by atoms with E-state index in [0.29, 0.717) is 0 Å². The van der Waals surface area contributed by atoms with Crippen LogP contribution in [0.5, 0.6) is 0 Å². The van der Waals surface area contributed by atoms with Crippen LogP contribution in [0.4, 0.5) is 0 Å². The largest absolute Gasteiger partial charge is 0.286 e. The van der Waals surface area contributed by atoms with Gasteiger partial charge in [-0.2, -0.15) is 0 Å². The van der Waals surface area contributed by atoms with Crippen LogP contribution >= 0.6 is 0 Å². The van der Waals surface area contributed by atoms with Gasteiger partial charge in [0.25, 0.3) is 0 Å². The van der Waals surface area contributed by atoms with Gasteiger partial charge >= 0.3 is 0 Å². The molecule has 0 saturated carbocycles. The zero-order valence-electron chi connectivity index (χ0n) is 10.2. The summed E-state index contributed by atoms with van der Waals surface area (Å²) in [4.78, 5) is 23.1. The Hall–Kier alpha value is -1.18. The number of carbonyl (C=O) groups excluding carboxylic acids is 2. The molecule has 0 heterocycles. The van der Waals surface area contributed by atoms with E-state index >= 15 is 0 Å². The Morgan fingerprint density at radius 1 is 0.938 bits per heavy atom. The summed E-state index contributed by atoms with van der Waals surface area (Å²) in [5, 5.41) is 0. The second-order valence-electron chi connectivity index (χ2n) is 4.24. The second kappa shape index (κ2) is 6.41. The van der Waals surface area contributed by atoms with Crippen molar-refractivity contribution in [3.05, 3.63) is 23.3 Å². The number of hydrogen-bond acceptors (Lipinski definition) is 2. The van der Waals surface area contributed by atoms with E-state index in [2.05, 4.69) is 13.8 Å². The Labute approximate surface area is 97.4 Å². The van der Waals surface area contributed by atoms with Gasteiger partial charge in [-0.1, -0.05) is 32.8 Å².